The van der Waals surface area contributed by atoms with Crippen LogP contribution in [-0.4, -0.2) is 14.7 Å². The van der Waals surface area contributed by atoms with E-state index in [-0.39, 0.29) is 11.8 Å². The first-order chi connectivity index (χ1) is 7.64. The van der Waals surface area contributed by atoms with E-state index in [1.807, 2.05) is 27.7 Å². The molecule has 4 heteroatoms. The molecular weight excluding hydrogens is 256 g/mol. The van der Waals surface area contributed by atoms with Crippen LogP contribution >= 0.6 is 11.6 Å². The van der Waals surface area contributed by atoms with E-state index in [2.05, 4.69) is 0 Å². The Bertz CT molecular complexity index is 516. The molecule has 0 heterocycles. The summed E-state index contributed by atoms with van der Waals surface area (Å²) < 4.78 is 23.6. The van der Waals surface area contributed by atoms with Gasteiger partial charge in [0.2, 0.25) is 0 Å². The van der Waals surface area contributed by atoms with E-state index in [0.717, 1.165) is 11.1 Å². The maximum Gasteiger partial charge on any atom is 0.175 e. The van der Waals surface area contributed by atoms with Crippen molar-refractivity contribution >= 4 is 21.4 Å². The Balaban J connectivity index is 3.60. The fraction of sp³-hybridized carbons (Fsp3) is 0.538. The van der Waals surface area contributed by atoms with E-state index in [9.17, 15) is 8.42 Å². The molecule has 0 spiro atoms. The summed E-state index contributed by atoms with van der Waals surface area (Å²) in [5.74, 6) is 0.350. The second-order valence-electron chi connectivity index (χ2n) is 4.99. The summed E-state index contributed by atoms with van der Waals surface area (Å²) in [6, 6.07) is 3.51. The summed E-state index contributed by atoms with van der Waals surface area (Å²) >= 11 is 6.20. The second-order valence-corrected chi connectivity index (χ2v) is 7.38. The highest BCUT2D eigenvalue weighted by atomic mass is 35.5. The van der Waals surface area contributed by atoms with Gasteiger partial charge in [-0.1, -0.05) is 39.3 Å². The Morgan fingerprint density at radius 3 is 1.82 bits per heavy atom. The lowest BCUT2D eigenvalue weighted by Crippen LogP contribution is -2.06. The van der Waals surface area contributed by atoms with E-state index in [1.54, 1.807) is 12.1 Å². The van der Waals surface area contributed by atoms with Gasteiger partial charge in [-0.2, -0.15) is 0 Å². The molecule has 96 valence electrons. The fourth-order valence-corrected chi connectivity index (χ4v) is 3.25. The van der Waals surface area contributed by atoms with Crippen molar-refractivity contribution in [3.8, 4) is 0 Å². The number of hydrogen-bond acceptors (Lipinski definition) is 2. The molecule has 0 aliphatic rings. The van der Waals surface area contributed by atoms with Crippen molar-refractivity contribution in [3.63, 3.8) is 0 Å². The fourth-order valence-electron chi connectivity index (χ4n) is 1.80. The molecule has 0 atom stereocenters. The molecule has 0 aliphatic carbocycles. The molecule has 0 amide bonds. The van der Waals surface area contributed by atoms with E-state index >= 15 is 0 Å². The molecular formula is C13H19ClO2S. The van der Waals surface area contributed by atoms with Gasteiger partial charge in [-0.25, -0.2) is 8.42 Å². The number of rotatable bonds is 3. The molecule has 1 aromatic carbocycles. The average molecular weight is 275 g/mol. The Kier molecular flexibility index (Phi) is 4.26. The van der Waals surface area contributed by atoms with Crippen LogP contribution in [0, 0.1) is 0 Å². The maximum absolute atomic E-state index is 11.8. The molecule has 1 rings (SSSR count). The topological polar surface area (TPSA) is 34.1 Å². The van der Waals surface area contributed by atoms with Crippen LogP contribution < -0.4 is 0 Å². The minimum absolute atomic E-state index is 0.137. The molecule has 1 aromatic rings. The molecule has 0 aromatic heterocycles. The highest BCUT2D eigenvalue weighted by Gasteiger charge is 2.19. The summed E-state index contributed by atoms with van der Waals surface area (Å²) in [6.07, 6.45) is 1.24. The standard InChI is InChI=1S/C13H19ClO2S/c1-8(2)10-7-13(17(5,15)16)11(9(3)4)6-12(10)14/h6-9H,1-5H3. The first-order valence-electron chi connectivity index (χ1n) is 5.68. The predicted molar refractivity (Wildman–Crippen MR) is 72.7 cm³/mol. The van der Waals surface area contributed by atoms with Crippen molar-refractivity contribution in [1.29, 1.82) is 0 Å². The van der Waals surface area contributed by atoms with E-state index in [4.69, 9.17) is 11.6 Å². The molecule has 0 aliphatic heterocycles. The predicted octanol–water partition coefficient (Wildman–Crippen LogP) is 3.99. The first-order valence-corrected chi connectivity index (χ1v) is 7.95. The van der Waals surface area contributed by atoms with E-state index < -0.39 is 9.84 Å². The van der Waals surface area contributed by atoms with Crippen LogP contribution in [-0.2, 0) is 9.84 Å². The number of sulfone groups is 1. The summed E-state index contributed by atoms with van der Waals surface area (Å²) in [5, 5.41) is 0.649. The number of benzene rings is 1. The molecule has 0 radical (unpaired) electrons. The van der Waals surface area contributed by atoms with Gasteiger partial charge in [-0.05, 0) is 35.1 Å². The van der Waals surface area contributed by atoms with Crippen LogP contribution in [0.25, 0.3) is 0 Å². The van der Waals surface area contributed by atoms with Crippen molar-refractivity contribution in [2.24, 2.45) is 0 Å². The van der Waals surface area contributed by atoms with Crippen molar-refractivity contribution in [2.45, 2.75) is 44.4 Å². The van der Waals surface area contributed by atoms with Crippen molar-refractivity contribution < 1.29 is 8.42 Å². The third kappa shape index (κ3) is 3.23. The summed E-state index contributed by atoms with van der Waals surface area (Å²) in [4.78, 5) is 0.403. The number of halogens is 1. The summed E-state index contributed by atoms with van der Waals surface area (Å²) in [7, 11) is -3.21. The van der Waals surface area contributed by atoms with Gasteiger partial charge in [0.05, 0.1) is 4.90 Å². The molecule has 0 fully saturated rings. The van der Waals surface area contributed by atoms with Crippen LogP contribution in [0.4, 0.5) is 0 Å². The van der Waals surface area contributed by atoms with Gasteiger partial charge in [0.1, 0.15) is 0 Å². The summed E-state index contributed by atoms with van der Waals surface area (Å²) in [6.45, 7) is 7.94. The second kappa shape index (κ2) is 4.99. The van der Waals surface area contributed by atoms with Gasteiger partial charge in [0.25, 0.3) is 0 Å². The monoisotopic (exact) mass is 274 g/mol. The van der Waals surface area contributed by atoms with Crippen LogP contribution in [0.5, 0.6) is 0 Å². The van der Waals surface area contributed by atoms with Gasteiger partial charge in [0, 0.05) is 11.3 Å². The molecule has 0 saturated heterocycles. The Hall–Kier alpha value is -0.540. The Morgan fingerprint density at radius 1 is 1.00 bits per heavy atom. The lowest BCUT2D eigenvalue weighted by molar-refractivity contribution is 0.599. The van der Waals surface area contributed by atoms with Crippen molar-refractivity contribution in [1.82, 2.24) is 0 Å². The minimum atomic E-state index is -3.21. The smallest absolute Gasteiger partial charge is 0.175 e. The van der Waals surface area contributed by atoms with Crippen LogP contribution in [0.3, 0.4) is 0 Å². The van der Waals surface area contributed by atoms with E-state index in [1.165, 1.54) is 6.26 Å². The van der Waals surface area contributed by atoms with Gasteiger partial charge >= 0.3 is 0 Å². The van der Waals surface area contributed by atoms with Crippen LogP contribution in [0.2, 0.25) is 5.02 Å². The molecule has 0 unspecified atom stereocenters. The Labute approximate surface area is 109 Å². The van der Waals surface area contributed by atoms with Crippen LogP contribution in [0.1, 0.15) is 50.7 Å². The zero-order valence-electron chi connectivity index (χ0n) is 10.9. The van der Waals surface area contributed by atoms with E-state index in [0.29, 0.717) is 9.92 Å². The lowest BCUT2D eigenvalue weighted by atomic mass is 9.97. The lowest BCUT2D eigenvalue weighted by Gasteiger charge is -2.16. The molecule has 0 bridgehead atoms. The maximum atomic E-state index is 11.8. The molecule has 2 nitrogen and oxygen atoms in total. The largest absolute Gasteiger partial charge is 0.224 e. The summed E-state index contributed by atoms with van der Waals surface area (Å²) in [5.41, 5.74) is 1.68. The quantitative estimate of drug-likeness (QED) is 0.835. The normalized spacial score (nSPS) is 12.5. The molecule has 17 heavy (non-hydrogen) atoms. The van der Waals surface area contributed by atoms with Gasteiger partial charge in [-0.3, -0.25) is 0 Å². The highest BCUT2D eigenvalue weighted by Crippen LogP contribution is 2.33. The number of hydrogen-bond donors (Lipinski definition) is 0. The van der Waals surface area contributed by atoms with Gasteiger partial charge < -0.3 is 0 Å². The van der Waals surface area contributed by atoms with Gasteiger partial charge in [-0.15, -0.1) is 0 Å². The SMILES string of the molecule is CC(C)c1cc(S(C)(=O)=O)c(C(C)C)cc1Cl. The van der Waals surface area contributed by atoms with Crippen LogP contribution in [0.15, 0.2) is 17.0 Å². The van der Waals surface area contributed by atoms with Crippen molar-refractivity contribution in [2.75, 3.05) is 6.26 Å². The third-order valence-corrected chi connectivity index (χ3v) is 4.25. The molecule has 0 N–H and O–H groups in total. The zero-order chi connectivity index (χ0) is 13.4. The van der Waals surface area contributed by atoms with Crippen molar-refractivity contribution in [3.05, 3.63) is 28.3 Å². The zero-order valence-corrected chi connectivity index (χ0v) is 12.5. The Morgan fingerprint density at radius 2 is 1.47 bits per heavy atom. The first kappa shape index (κ1) is 14.5. The minimum Gasteiger partial charge on any atom is -0.224 e. The molecule has 0 saturated carbocycles. The third-order valence-electron chi connectivity index (χ3n) is 2.77. The van der Waals surface area contributed by atoms with Gasteiger partial charge in [0.15, 0.2) is 9.84 Å². The average Bonchev–Trinajstić information content (AvgIpc) is 2.14. The highest BCUT2D eigenvalue weighted by molar-refractivity contribution is 7.90.